The number of hydrogen-bond donors (Lipinski definition) is 2. The number of nitrogens with two attached hydrogens (primary N) is 1. The van der Waals surface area contributed by atoms with E-state index in [9.17, 15) is 4.79 Å². The van der Waals surface area contributed by atoms with Crippen molar-refractivity contribution in [2.75, 3.05) is 17.7 Å². The van der Waals surface area contributed by atoms with E-state index in [1.807, 2.05) is 36.4 Å². The highest BCUT2D eigenvalue weighted by atomic mass is 16.5. The van der Waals surface area contributed by atoms with Gasteiger partial charge in [-0.3, -0.25) is 4.79 Å². The Morgan fingerprint density at radius 1 is 1.14 bits per heavy atom. The summed E-state index contributed by atoms with van der Waals surface area (Å²) in [5, 5.41) is 2.79. The first-order valence-corrected chi connectivity index (χ1v) is 7.44. The highest BCUT2D eigenvalue weighted by Crippen LogP contribution is 2.26. The highest BCUT2D eigenvalue weighted by Gasteiger charge is 2.08. The van der Waals surface area contributed by atoms with Gasteiger partial charge in [-0.1, -0.05) is 44.2 Å². The fourth-order valence-corrected chi connectivity index (χ4v) is 2.17. The monoisotopic (exact) mass is 298 g/mol. The van der Waals surface area contributed by atoms with Gasteiger partial charge in [0.1, 0.15) is 5.75 Å². The van der Waals surface area contributed by atoms with Gasteiger partial charge in [-0.15, -0.1) is 0 Å². The van der Waals surface area contributed by atoms with Crippen LogP contribution in [0.5, 0.6) is 5.75 Å². The third-order valence-electron chi connectivity index (χ3n) is 3.36. The lowest BCUT2D eigenvalue weighted by molar-refractivity contribution is -0.116. The van der Waals surface area contributed by atoms with Crippen LogP contribution < -0.4 is 15.8 Å². The summed E-state index contributed by atoms with van der Waals surface area (Å²) in [5.74, 6) is 1.11. The van der Waals surface area contributed by atoms with Gasteiger partial charge in [0.05, 0.1) is 24.4 Å². The van der Waals surface area contributed by atoms with Crippen LogP contribution in [0.4, 0.5) is 11.4 Å². The SMILES string of the molecule is CC(C)c1ccccc1OCCC(=O)Nc1ccccc1N. The van der Waals surface area contributed by atoms with Crippen molar-refractivity contribution in [2.24, 2.45) is 0 Å². The van der Waals surface area contributed by atoms with Crippen molar-refractivity contribution >= 4 is 17.3 Å². The van der Waals surface area contributed by atoms with Gasteiger partial charge in [0.2, 0.25) is 5.91 Å². The molecule has 22 heavy (non-hydrogen) atoms. The third-order valence-corrected chi connectivity index (χ3v) is 3.36. The fourth-order valence-electron chi connectivity index (χ4n) is 2.17. The largest absolute Gasteiger partial charge is 0.493 e. The van der Waals surface area contributed by atoms with Crippen LogP contribution in [-0.2, 0) is 4.79 Å². The second-order valence-corrected chi connectivity index (χ2v) is 5.43. The van der Waals surface area contributed by atoms with E-state index in [0.29, 0.717) is 23.9 Å². The Balaban J connectivity index is 1.86. The number of amides is 1. The summed E-state index contributed by atoms with van der Waals surface area (Å²) in [6, 6.07) is 15.1. The summed E-state index contributed by atoms with van der Waals surface area (Å²) in [6.45, 7) is 4.57. The van der Waals surface area contributed by atoms with Gasteiger partial charge in [-0.25, -0.2) is 0 Å². The zero-order valence-electron chi connectivity index (χ0n) is 13.0. The molecule has 2 aromatic rings. The molecule has 0 bridgehead atoms. The van der Waals surface area contributed by atoms with Crippen LogP contribution in [0.15, 0.2) is 48.5 Å². The molecule has 0 saturated heterocycles. The number of anilines is 2. The van der Waals surface area contributed by atoms with Gasteiger partial charge in [-0.05, 0) is 29.7 Å². The molecule has 0 aliphatic rings. The van der Waals surface area contributed by atoms with E-state index in [2.05, 4.69) is 19.2 Å². The molecule has 0 heterocycles. The molecule has 0 aromatic heterocycles. The van der Waals surface area contributed by atoms with Gasteiger partial charge >= 0.3 is 0 Å². The smallest absolute Gasteiger partial charge is 0.227 e. The highest BCUT2D eigenvalue weighted by molar-refractivity contribution is 5.93. The zero-order chi connectivity index (χ0) is 15.9. The molecule has 0 fully saturated rings. The van der Waals surface area contributed by atoms with Crippen LogP contribution >= 0.6 is 0 Å². The van der Waals surface area contributed by atoms with Crippen molar-refractivity contribution in [1.29, 1.82) is 0 Å². The maximum Gasteiger partial charge on any atom is 0.227 e. The van der Waals surface area contributed by atoms with Crippen molar-refractivity contribution in [3.05, 3.63) is 54.1 Å². The number of carbonyl (C=O) groups is 1. The Morgan fingerprint density at radius 3 is 2.55 bits per heavy atom. The van der Waals surface area contributed by atoms with Crippen molar-refractivity contribution < 1.29 is 9.53 Å². The van der Waals surface area contributed by atoms with Crippen LogP contribution in [0.1, 0.15) is 31.7 Å². The topological polar surface area (TPSA) is 64.3 Å². The van der Waals surface area contributed by atoms with Crippen LogP contribution in [0.2, 0.25) is 0 Å². The van der Waals surface area contributed by atoms with E-state index in [1.165, 1.54) is 0 Å². The minimum absolute atomic E-state index is 0.111. The van der Waals surface area contributed by atoms with Crippen molar-refractivity contribution in [1.82, 2.24) is 0 Å². The molecule has 0 atom stereocenters. The molecule has 4 nitrogen and oxygen atoms in total. The molecular formula is C18H22N2O2. The van der Waals surface area contributed by atoms with E-state index >= 15 is 0 Å². The number of para-hydroxylation sites is 3. The first-order chi connectivity index (χ1) is 10.6. The maximum atomic E-state index is 11.9. The Labute approximate surface area is 131 Å². The predicted octanol–water partition coefficient (Wildman–Crippen LogP) is 3.80. The number of nitrogens with one attached hydrogen (secondary N) is 1. The first kappa shape index (κ1) is 15.9. The summed E-state index contributed by atoms with van der Waals surface area (Å²) in [5.41, 5.74) is 8.14. The minimum Gasteiger partial charge on any atom is -0.493 e. The van der Waals surface area contributed by atoms with Gasteiger partial charge in [0.25, 0.3) is 0 Å². The zero-order valence-corrected chi connectivity index (χ0v) is 13.0. The van der Waals surface area contributed by atoms with E-state index in [1.54, 1.807) is 12.1 Å². The molecule has 0 spiro atoms. The molecule has 4 heteroatoms. The van der Waals surface area contributed by atoms with Crippen molar-refractivity contribution in [3.8, 4) is 5.75 Å². The summed E-state index contributed by atoms with van der Waals surface area (Å²) >= 11 is 0. The molecule has 116 valence electrons. The van der Waals surface area contributed by atoms with Crippen LogP contribution in [0.25, 0.3) is 0 Å². The van der Waals surface area contributed by atoms with Crippen molar-refractivity contribution in [2.45, 2.75) is 26.2 Å². The number of hydrogen-bond acceptors (Lipinski definition) is 3. The minimum atomic E-state index is -0.111. The Kier molecular flexibility index (Phi) is 5.42. The summed E-state index contributed by atoms with van der Waals surface area (Å²) < 4.78 is 5.74. The molecule has 1 amide bonds. The number of benzene rings is 2. The molecule has 0 saturated carbocycles. The standard InChI is InChI=1S/C18H22N2O2/c1-13(2)14-7-3-6-10-17(14)22-12-11-18(21)20-16-9-5-4-8-15(16)19/h3-10,13H,11-12,19H2,1-2H3,(H,20,21). The first-order valence-electron chi connectivity index (χ1n) is 7.44. The Bertz CT molecular complexity index is 638. The van der Waals surface area contributed by atoms with Gasteiger partial charge in [-0.2, -0.15) is 0 Å². The number of nitrogen functional groups attached to an aromatic ring is 1. The molecule has 0 unspecified atom stereocenters. The van der Waals surface area contributed by atoms with E-state index in [-0.39, 0.29) is 12.3 Å². The number of carbonyl (C=O) groups excluding carboxylic acids is 1. The Morgan fingerprint density at radius 2 is 1.82 bits per heavy atom. The van der Waals surface area contributed by atoms with Crippen LogP contribution in [0, 0.1) is 0 Å². The fraction of sp³-hybridized carbons (Fsp3) is 0.278. The van der Waals surface area contributed by atoms with E-state index < -0.39 is 0 Å². The van der Waals surface area contributed by atoms with Gasteiger partial charge in [0, 0.05) is 0 Å². The average Bonchev–Trinajstić information content (AvgIpc) is 2.50. The molecule has 3 N–H and O–H groups in total. The molecular weight excluding hydrogens is 276 g/mol. The van der Waals surface area contributed by atoms with Crippen LogP contribution in [0.3, 0.4) is 0 Å². The number of rotatable bonds is 6. The molecule has 0 aliphatic carbocycles. The predicted molar refractivity (Wildman–Crippen MR) is 90.1 cm³/mol. The normalized spacial score (nSPS) is 10.5. The summed E-state index contributed by atoms with van der Waals surface area (Å²) in [7, 11) is 0. The molecule has 2 aromatic carbocycles. The molecule has 0 aliphatic heterocycles. The quantitative estimate of drug-likeness (QED) is 0.797. The lowest BCUT2D eigenvalue weighted by Gasteiger charge is -2.14. The molecule has 0 radical (unpaired) electrons. The van der Waals surface area contributed by atoms with Gasteiger partial charge < -0.3 is 15.8 Å². The van der Waals surface area contributed by atoms with Crippen LogP contribution in [-0.4, -0.2) is 12.5 Å². The summed E-state index contributed by atoms with van der Waals surface area (Å²) in [6.07, 6.45) is 0.279. The van der Waals surface area contributed by atoms with E-state index in [4.69, 9.17) is 10.5 Å². The van der Waals surface area contributed by atoms with Crippen molar-refractivity contribution in [3.63, 3.8) is 0 Å². The summed E-state index contributed by atoms with van der Waals surface area (Å²) in [4.78, 5) is 11.9. The second kappa shape index (κ2) is 7.50. The maximum absolute atomic E-state index is 11.9. The Hall–Kier alpha value is -2.49. The molecule has 2 rings (SSSR count). The third kappa shape index (κ3) is 4.25. The van der Waals surface area contributed by atoms with Gasteiger partial charge in [0.15, 0.2) is 0 Å². The lowest BCUT2D eigenvalue weighted by atomic mass is 10.0. The average molecular weight is 298 g/mol. The lowest BCUT2D eigenvalue weighted by Crippen LogP contribution is -2.16. The van der Waals surface area contributed by atoms with E-state index in [0.717, 1.165) is 11.3 Å². The second-order valence-electron chi connectivity index (χ2n) is 5.43. The number of ether oxygens (including phenoxy) is 1.